The lowest BCUT2D eigenvalue weighted by atomic mass is 10.2. The molecule has 2 rings (SSSR count). The van der Waals surface area contributed by atoms with Gasteiger partial charge in [0.15, 0.2) is 0 Å². The van der Waals surface area contributed by atoms with Crippen LogP contribution in [0.2, 0.25) is 0 Å². The Morgan fingerprint density at radius 1 is 1.19 bits per heavy atom. The molecule has 1 N–H and O–H groups in total. The van der Waals surface area contributed by atoms with Crippen molar-refractivity contribution in [2.24, 2.45) is 0 Å². The second-order valence-corrected chi connectivity index (χ2v) is 7.14. The van der Waals surface area contributed by atoms with E-state index in [4.69, 9.17) is 0 Å². The molecule has 1 amide bonds. The van der Waals surface area contributed by atoms with Gasteiger partial charge in [-0.25, -0.2) is 0 Å². The fraction of sp³-hybridized carbons (Fsp3) is 0.286. The Morgan fingerprint density at radius 2 is 1.73 bits per heavy atom. The molecule has 0 aliphatic heterocycles. The molecular formula is C14H13Br2N5O5. The number of nitrogens with zero attached hydrogens (tertiary/aromatic N) is 4. The topological polar surface area (TPSA) is 133 Å². The van der Waals surface area contributed by atoms with Gasteiger partial charge in [-0.2, -0.15) is 5.10 Å². The summed E-state index contributed by atoms with van der Waals surface area (Å²) in [5, 5.41) is 28.7. The summed E-state index contributed by atoms with van der Waals surface area (Å²) in [5.74, 6) is -0.485. The fourth-order valence-electron chi connectivity index (χ4n) is 2.42. The van der Waals surface area contributed by atoms with E-state index in [1.807, 2.05) is 0 Å². The van der Waals surface area contributed by atoms with Gasteiger partial charge in [-0.3, -0.25) is 29.7 Å². The van der Waals surface area contributed by atoms with Gasteiger partial charge in [0.25, 0.3) is 5.69 Å². The van der Waals surface area contributed by atoms with Crippen molar-refractivity contribution in [2.45, 2.75) is 26.8 Å². The summed E-state index contributed by atoms with van der Waals surface area (Å²) >= 11 is 6.38. The van der Waals surface area contributed by atoms with E-state index in [9.17, 15) is 25.0 Å². The van der Waals surface area contributed by atoms with E-state index in [-0.39, 0.29) is 22.8 Å². The van der Waals surface area contributed by atoms with Crippen molar-refractivity contribution in [3.8, 4) is 0 Å². The number of nitrogens with one attached hydrogen (secondary N) is 1. The molecule has 0 aliphatic carbocycles. The van der Waals surface area contributed by atoms with E-state index < -0.39 is 21.8 Å². The van der Waals surface area contributed by atoms with Crippen LogP contribution >= 0.6 is 31.9 Å². The molecular weight excluding hydrogens is 478 g/mol. The molecule has 1 aromatic heterocycles. The number of benzene rings is 1. The number of carbonyl (C=O) groups is 1. The largest absolute Gasteiger partial charge is 0.322 e. The second kappa shape index (κ2) is 7.50. The maximum absolute atomic E-state index is 12.6. The van der Waals surface area contributed by atoms with E-state index in [0.717, 1.165) is 0 Å². The number of rotatable bonds is 5. The molecule has 1 aromatic carbocycles. The van der Waals surface area contributed by atoms with E-state index in [1.54, 1.807) is 6.92 Å². The van der Waals surface area contributed by atoms with Crippen molar-refractivity contribution < 1.29 is 14.6 Å². The zero-order valence-corrected chi connectivity index (χ0v) is 17.0. The normalized spacial score (nSPS) is 11.9. The monoisotopic (exact) mass is 489 g/mol. The maximum atomic E-state index is 12.6. The Kier molecular flexibility index (Phi) is 5.76. The van der Waals surface area contributed by atoms with Crippen LogP contribution in [0.25, 0.3) is 0 Å². The van der Waals surface area contributed by atoms with Crippen LogP contribution in [0.4, 0.5) is 17.1 Å². The summed E-state index contributed by atoms with van der Waals surface area (Å²) in [5.41, 5.74) is 0.497. The van der Waals surface area contributed by atoms with E-state index in [2.05, 4.69) is 42.3 Å². The highest BCUT2D eigenvalue weighted by Gasteiger charge is 2.28. The van der Waals surface area contributed by atoms with Gasteiger partial charge in [0, 0.05) is 21.1 Å². The van der Waals surface area contributed by atoms with Crippen molar-refractivity contribution in [3.05, 3.63) is 52.7 Å². The van der Waals surface area contributed by atoms with E-state index in [0.29, 0.717) is 14.6 Å². The molecule has 1 unspecified atom stereocenters. The summed E-state index contributed by atoms with van der Waals surface area (Å²) in [4.78, 5) is 33.4. The van der Waals surface area contributed by atoms with E-state index in [1.165, 1.54) is 30.7 Å². The molecule has 2 aromatic rings. The average Bonchev–Trinajstić information content (AvgIpc) is 2.84. The molecule has 10 nitrogen and oxygen atoms in total. The van der Waals surface area contributed by atoms with Crippen LogP contribution in [0.15, 0.2) is 21.1 Å². The lowest BCUT2D eigenvalue weighted by Crippen LogP contribution is -2.25. The third-order valence-corrected chi connectivity index (χ3v) is 4.95. The van der Waals surface area contributed by atoms with Crippen LogP contribution in [0, 0.1) is 34.1 Å². The van der Waals surface area contributed by atoms with E-state index >= 15 is 0 Å². The van der Waals surface area contributed by atoms with Crippen LogP contribution in [0.3, 0.4) is 0 Å². The first-order valence-corrected chi connectivity index (χ1v) is 8.77. The zero-order chi connectivity index (χ0) is 19.8. The number of carbonyl (C=O) groups excluding carboxylic acids is 1. The van der Waals surface area contributed by atoms with Crippen LogP contribution in [0.5, 0.6) is 0 Å². The Morgan fingerprint density at radius 3 is 2.15 bits per heavy atom. The first kappa shape index (κ1) is 20.0. The first-order valence-electron chi connectivity index (χ1n) is 7.19. The SMILES string of the molecule is Cc1nn(C(C)C(=O)Nc2c(Br)cc([N+](=O)[O-])cc2Br)c(C)c1[N+](=O)[O-]. The molecule has 0 radical (unpaired) electrons. The summed E-state index contributed by atoms with van der Waals surface area (Å²) < 4.78 is 1.91. The highest BCUT2D eigenvalue weighted by atomic mass is 79.9. The van der Waals surface area contributed by atoms with Crippen LogP contribution < -0.4 is 5.32 Å². The van der Waals surface area contributed by atoms with Gasteiger partial charge < -0.3 is 5.32 Å². The number of non-ortho nitro benzene ring substituents is 1. The first-order chi connectivity index (χ1) is 12.0. The fourth-order valence-corrected chi connectivity index (χ4v) is 3.78. The Balaban J connectivity index is 2.33. The van der Waals surface area contributed by atoms with Crippen molar-refractivity contribution >= 4 is 54.8 Å². The number of hydrogen-bond donors (Lipinski definition) is 1. The summed E-state index contributed by atoms with van der Waals surface area (Å²) in [6.07, 6.45) is 0. The maximum Gasteiger partial charge on any atom is 0.312 e. The summed E-state index contributed by atoms with van der Waals surface area (Å²) in [7, 11) is 0. The minimum atomic E-state index is -0.837. The molecule has 0 saturated carbocycles. The van der Waals surface area contributed by atoms with Crippen LogP contribution in [-0.4, -0.2) is 25.5 Å². The molecule has 0 aliphatic rings. The second-order valence-electron chi connectivity index (χ2n) is 5.43. The number of amides is 1. The van der Waals surface area contributed by atoms with Crippen molar-refractivity contribution in [1.29, 1.82) is 0 Å². The summed E-state index contributed by atoms with van der Waals surface area (Å²) in [6.45, 7) is 4.56. The molecule has 0 saturated heterocycles. The van der Waals surface area contributed by atoms with Crippen molar-refractivity contribution in [3.63, 3.8) is 0 Å². The average molecular weight is 491 g/mol. The number of hydrogen-bond acceptors (Lipinski definition) is 6. The highest BCUT2D eigenvalue weighted by molar-refractivity contribution is 9.11. The Hall–Kier alpha value is -2.34. The third kappa shape index (κ3) is 3.75. The number of aryl methyl sites for hydroxylation is 1. The third-order valence-electron chi connectivity index (χ3n) is 3.70. The van der Waals surface area contributed by atoms with Crippen LogP contribution in [0.1, 0.15) is 24.4 Å². The molecule has 138 valence electrons. The minimum Gasteiger partial charge on any atom is -0.322 e. The van der Waals surface area contributed by atoms with Gasteiger partial charge in [0.2, 0.25) is 5.91 Å². The van der Waals surface area contributed by atoms with Gasteiger partial charge in [-0.15, -0.1) is 0 Å². The predicted octanol–water partition coefficient (Wildman–Crippen LogP) is 4.04. The lowest BCUT2D eigenvalue weighted by Gasteiger charge is -2.15. The lowest BCUT2D eigenvalue weighted by molar-refractivity contribution is -0.386. The zero-order valence-electron chi connectivity index (χ0n) is 13.8. The Bertz CT molecular complexity index is 904. The number of anilines is 1. The predicted molar refractivity (Wildman–Crippen MR) is 100 cm³/mol. The van der Waals surface area contributed by atoms with Crippen LogP contribution in [-0.2, 0) is 4.79 Å². The summed E-state index contributed by atoms with van der Waals surface area (Å²) in [6, 6.07) is 1.69. The number of aromatic nitrogens is 2. The molecule has 1 atom stereocenters. The quantitative estimate of drug-likeness (QED) is 0.496. The molecule has 26 heavy (non-hydrogen) atoms. The number of nitro benzene ring substituents is 1. The van der Waals surface area contributed by atoms with Crippen molar-refractivity contribution in [2.75, 3.05) is 5.32 Å². The Labute approximate surface area is 164 Å². The molecule has 0 spiro atoms. The van der Waals surface area contributed by atoms with Gasteiger partial charge in [0.1, 0.15) is 17.4 Å². The standard InChI is InChI=1S/C14H13Br2N5O5/c1-6-13(21(25)26)7(2)19(18-6)8(3)14(22)17-12-10(15)4-9(20(23)24)5-11(12)16/h4-5,8H,1-3H3,(H,17,22). The molecule has 12 heteroatoms. The van der Waals surface area contributed by atoms with Crippen molar-refractivity contribution in [1.82, 2.24) is 9.78 Å². The number of halogens is 2. The number of nitro groups is 2. The van der Waals surface area contributed by atoms with Gasteiger partial charge >= 0.3 is 5.69 Å². The molecule has 0 bridgehead atoms. The molecule has 0 fully saturated rings. The smallest absolute Gasteiger partial charge is 0.312 e. The van der Waals surface area contributed by atoms with Gasteiger partial charge in [-0.1, -0.05) is 0 Å². The highest BCUT2D eigenvalue weighted by Crippen LogP contribution is 2.36. The molecule has 1 heterocycles. The minimum absolute atomic E-state index is 0.137. The van der Waals surface area contributed by atoms with Gasteiger partial charge in [-0.05, 0) is 52.6 Å². The van der Waals surface area contributed by atoms with Gasteiger partial charge in [0.05, 0.1) is 15.5 Å².